The minimum Gasteiger partial charge on any atom is -0.392 e. The Labute approximate surface area is 120 Å². The van der Waals surface area contributed by atoms with E-state index in [4.69, 9.17) is 4.98 Å². The predicted octanol–water partition coefficient (Wildman–Crippen LogP) is 3.08. The summed E-state index contributed by atoms with van der Waals surface area (Å²) in [6, 6.07) is 0.248. The van der Waals surface area contributed by atoms with Crippen molar-refractivity contribution in [3.63, 3.8) is 0 Å². The van der Waals surface area contributed by atoms with Crippen molar-refractivity contribution in [2.24, 2.45) is 5.92 Å². The average Bonchev–Trinajstić information content (AvgIpc) is 2.78. The number of fused-ring (bicyclic) bond motifs is 1. The Bertz CT molecular complexity index is 379. The fraction of sp³-hybridized carbons (Fsp3) is 0.800. The number of nitrogens with zero attached hydrogens (tertiary/aromatic N) is 1. The van der Waals surface area contributed by atoms with E-state index in [1.165, 1.54) is 34.8 Å². The number of hydrogen-bond donors (Lipinski definition) is 2. The molecule has 1 aliphatic carbocycles. The SMILES string of the molecule is CC(C)CC(O)CNC(C)c1nc2c(s1)CCCC2. The first-order valence-corrected chi connectivity index (χ1v) is 8.27. The summed E-state index contributed by atoms with van der Waals surface area (Å²) in [5, 5.41) is 14.5. The molecule has 1 aromatic heterocycles. The van der Waals surface area contributed by atoms with Crippen LogP contribution in [0.3, 0.4) is 0 Å². The highest BCUT2D eigenvalue weighted by Gasteiger charge is 2.18. The number of aromatic nitrogens is 1. The Kier molecular flexibility index (Phi) is 5.37. The highest BCUT2D eigenvalue weighted by molar-refractivity contribution is 7.11. The molecule has 0 spiro atoms. The van der Waals surface area contributed by atoms with Crippen LogP contribution in [0.4, 0.5) is 0 Å². The zero-order chi connectivity index (χ0) is 13.8. The molecule has 0 radical (unpaired) electrons. The van der Waals surface area contributed by atoms with Gasteiger partial charge in [0.15, 0.2) is 0 Å². The third-order valence-corrected chi connectivity index (χ3v) is 4.98. The number of hydrogen-bond acceptors (Lipinski definition) is 4. The van der Waals surface area contributed by atoms with Crippen molar-refractivity contribution in [3.05, 3.63) is 15.6 Å². The summed E-state index contributed by atoms with van der Waals surface area (Å²) < 4.78 is 0. The maximum atomic E-state index is 9.90. The smallest absolute Gasteiger partial charge is 0.110 e. The third-order valence-electron chi connectivity index (χ3n) is 3.64. The Balaban J connectivity index is 1.85. The molecule has 1 heterocycles. The number of nitrogens with one attached hydrogen (secondary N) is 1. The lowest BCUT2D eigenvalue weighted by molar-refractivity contribution is 0.143. The molecule has 108 valence electrons. The largest absolute Gasteiger partial charge is 0.392 e. The Hall–Kier alpha value is -0.450. The first-order valence-electron chi connectivity index (χ1n) is 7.46. The maximum Gasteiger partial charge on any atom is 0.110 e. The van der Waals surface area contributed by atoms with Gasteiger partial charge in [0.05, 0.1) is 17.8 Å². The fourth-order valence-electron chi connectivity index (χ4n) is 2.58. The van der Waals surface area contributed by atoms with E-state index in [0.717, 1.165) is 12.8 Å². The molecule has 0 aliphatic heterocycles. The van der Waals surface area contributed by atoms with Gasteiger partial charge in [-0.1, -0.05) is 13.8 Å². The monoisotopic (exact) mass is 282 g/mol. The highest BCUT2D eigenvalue weighted by atomic mass is 32.1. The van der Waals surface area contributed by atoms with E-state index >= 15 is 0 Å². The van der Waals surface area contributed by atoms with Crippen LogP contribution in [0.25, 0.3) is 0 Å². The molecule has 1 aromatic rings. The maximum absolute atomic E-state index is 9.90. The minimum atomic E-state index is -0.253. The van der Waals surface area contributed by atoms with Crippen LogP contribution in [0.15, 0.2) is 0 Å². The second-order valence-electron chi connectivity index (χ2n) is 6.04. The van der Waals surface area contributed by atoms with E-state index in [9.17, 15) is 5.11 Å². The van der Waals surface area contributed by atoms with Crippen LogP contribution in [-0.4, -0.2) is 22.7 Å². The van der Waals surface area contributed by atoms with Gasteiger partial charge in [-0.05, 0) is 44.9 Å². The molecule has 0 aromatic carbocycles. The number of aryl methyl sites for hydroxylation is 2. The summed E-state index contributed by atoms with van der Waals surface area (Å²) in [5.41, 5.74) is 1.32. The van der Waals surface area contributed by atoms with Gasteiger partial charge >= 0.3 is 0 Å². The van der Waals surface area contributed by atoms with Gasteiger partial charge in [0.25, 0.3) is 0 Å². The molecule has 2 rings (SSSR count). The summed E-state index contributed by atoms with van der Waals surface area (Å²) in [4.78, 5) is 6.25. The first-order chi connectivity index (χ1) is 9.06. The predicted molar refractivity (Wildman–Crippen MR) is 80.6 cm³/mol. The topological polar surface area (TPSA) is 45.1 Å². The Morgan fingerprint density at radius 2 is 2.00 bits per heavy atom. The van der Waals surface area contributed by atoms with Gasteiger partial charge in [-0.15, -0.1) is 11.3 Å². The van der Waals surface area contributed by atoms with Crippen molar-refractivity contribution in [3.8, 4) is 0 Å². The van der Waals surface area contributed by atoms with E-state index in [2.05, 4.69) is 26.1 Å². The summed E-state index contributed by atoms with van der Waals surface area (Å²) in [7, 11) is 0. The van der Waals surface area contributed by atoms with Crippen molar-refractivity contribution >= 4 is 11.3 Å². The van der Waals surface area contributed by atoms with E-state index in [1.807, 2.05) is 11.3 Å². The summed E-state index contributed by atoms with van der Waals surface area (Å²) in [6.45, 7) is 7.08. The van der Waals surface area contributed by atoms with E-state index in [1.54, 1.807) is 0 Å². The molecule has 0 saturated carbocycles. The standard InChI is InChI=1S/C15H26N2OS/c1-10(2)8-12(18)9-16-11(3)15-17-13-6-4-5-7-14(13)19-15/h10-12,16,18H,4-9H2,1-3H3. The molecule has 2 atom stereocenters. The van der Waals surface area contributed by atoms with Crippen molar-refractivity contribution in [2.45, 2.75) is 65.0 Å². The summed E-state index contributed by atoms with van der Waals surface area (Å²) >= 11 is 1.85. The van der Waals surface area contributed by atoms with Gasteiger partial charge in [0.2, 0.25) is 0 Å². The van der Waals surface area contributed by atoms with Gasteiger partial charge in [-0.2, -0.15) is 0 Å². The van der Waals surface area contributed by atoms with E-state index < -0.39 is 0 Å². The van der Waals surface area contributed by atoms with Gasteiger partial charge in [0, 0.05) is 11.4 Å². The molecule has 19 heavy (non-hydrogen) atoms. The molecule has 0 amide bonds. The van der Waals surface area contributed by atoms with Crippen molar-refractivity contribution in [2.75, 3.05) is 6.54 Å². The highest BCUT2D eigenvalue weighted by Crippen LogP contribution is 2.29. The number of aliphatic hydroxyl groups excluding tert-OH is 1. The van der Waals surface area contributed by atoms with E-state index in [0.29, 0.717) is 12.5 Å². The molecule has 0 saturated heterocycles. The quantitative estimate of drug-likeness (QED) is 0.843. The lowest BCUT2D eigenvalue weighted by Crippen LogP contribution is -2.29. The first kappa shape index (κ1) is 14.9. The number of rotatable bonds is 6. The van der Waals surface area contributed by atoms with Gasteiger partial charge in [-0.25, -0.2) is 4.98 Å². The minimum absolute atomic E-state index is 0.248. The Morgan fingerprint density at radius 3 is 2.68 bits per heavy atom. The molecule has 4 heteroatoms. The second-order valence-corrected chi connectivity index (χ2v) is 7.16. The lowest BCUT2D eigenvalue weighted by atomic mass is 10.0. The van der Waals surface area contributed by atoms with E-state index in [-0.39, 0.29) is 12.1 Å². The molecular weight excluding hydrogens is 256 g/mol. The van der Waals surface area contributed by atoms with Crippen LogP contribution in [0.1, 0.15) is 61.7 Å². The van der Waals surface area contributed by atoms with Crippen molar-refractivity contribution in [1.82, 2.24) is 10.3 Å². The lowest BCUT2D eigenvalue weighted by Gasteiger charge is -2.16. The summed E-state index contributed by atoms with van der Waals surface area (Å²) in [6.07, 6.45) is 5.55. The Morgan fingerprint density at radius 1 is 1.26 bits per heavy atom. The van der Waals surface area contributed by atoms with Crippen molar-refractivity contribution < 1.29 is 5.11 Å². The molecule has 3 nitrogen and oxygen atoms in total. The van der Waals surface area contributed by atoms with Gasteiger partial charge in [-0.3, -0.25) is 0 Å². The van der Waals surface area contributed by atoms with Crippen LogP contribution in [0.5, 0.6) is 0 Å². The summed E-state index contributed by atoms with van der Waals surface area (Å²) in [5.74, 6) is 0.541. The van der Waals surface area contributed by atoms with Crippen LogP contribution in [0.2, 0.25) is 0 Å². The molecule has 0 fully saturated rings. The van der Waals surface area contributed by atoms with Crippen LogP contribution in [0, 0.1) is 5.92 Å². The average molecular weight is 282 g/mol. The van der Waals surface area contributed by atoms with Gasteiger partial charge < -0.3 is 10.4 Å². The number of aliphatic hydroxyl groups is 1. The molecule has 0 bridgehead atoms. The zero-order valence-electron chi connectivity index (χ0n) is 12.3. The molecule has 2 N–H and O–H groups in total. The number of thiazole rings is 1. The second kappa shape index (κ2) is 6.82. The molecule has 2 unspecified atom stereocenters. The van der Waals surface area contributed by atoms with Crippen LogP contribution >= 0.6 is 11.3 Å². The van der Waals surface area contributed by atoms with Crippen LogP contribution in [-0.2, 0) is 12.8 Å². The van der Waals surface area contributed by atoms with Crippen LogP contribution < -0.4 is 5.32 Å². The fourth-order valence-corrected chi connectivity index (χ4v) is 3.77. The molecule has 1 aliphatic rings. The molecular formula is C15H26N2OS. The normalized spacial score (nSPS) is 18.4. The van der Waals surface area contributed by atoms with Gasteiger partial charge in [0.1, 0.15) is 5.01 Å². The third kappa shape index (κ3) is 4.26. The van der Waals surface area contributed by atoms with Crippen molar-refractivity contribution in [1.29, 1.82) is 0 Å². The zero-order valence-corrected chi connectivity index (χ0v) is 13.1.